The lowest BCUT2D eigenvalue weighted by Crippen LogP contribution is -2.57. The van der Waals surface area contributed by atoms with Gasteiger partial charge in [0, 0.05) is 38.9 Å². The van der Waals surface area contributed by atoms with Crippen LogP contribution >= 0.6 is 0 Å². The highest BCUT2D eigenvalue weighted by Gasteiger charge is 2.38. The summed E-state index contributed by atoms with van der Waals surface area (Å²) < 4.78 is 0. The van der Waals surface area contributed by atoms with Crippen molar-refractivity contribution in [1.82, 2.24) is 20.1 Å². The highest BCUT2D eigenvalue weighted by Crippen LogP contribution is 2.31. The van der Waals surface area contributed by atoms with E-state index >= 15 is 0 Å². The molecule has 27 heavy (non-hydrogen) atoms. The van der Waals surface area contributed by atoms with Gasteiger partial charge in [0.1, 0.15) is 5.60 Å². The number of aliphatic hydroxyl groups is 1. The second-order valence-electron chi connectivity index (χ2n) is 8.03. The van der Waals surface area contributed by atoms with Crippen LogP contribution in [0.1, 0.15) is 38.8 Å². The molecule has 3 rings (SSSR count). The third-order valence-electron chi connectivity index (χ3n) is 5.49. The third-order valence-corrected chi connectivity index (χ3v) is 5.49. The number of carbonyl (C=O) groups is 2. The van der Waals surface area contributed by atoms with Gasteiger partial charge in [-0.2, -0.15) is 0 Å². The first-order valence-corrected chi connectivity index (χ1v) is 9.82. The molecule has 2 aliphatic rings. The monoisotopic (exact) mass is 374 g/mol. The summed E-state index contributed by atoms with van der Waals surface area (Å²) in [6.07, 6.45) is 2.79. The van der Waals surface area contributed by atoms with Crippen LogP contribution < -0.4 is 5.32 Å². The second-order valence-corrected chi connectivity index (χ2v) is 8.03. The Morgan fingerprint density at radius 1 is 1.33 bits per heavy atom. The van der Waals surface area contributed by atoms with Crippen LogP contribution in [0.4, 0.5) is 0 Å². The van der Waals surface area contributed by atoms with E-state index in [9.17, 15) is 14.7 Å². The summed E-state index contributed by atoms with van der Waals surface area (Å²) in [4.78, 5) is 33.3. The van der Waals surface area contributed by atoms with E-state index in [0.717, 1.165) is 13.1 Å². The Bertz CT molecular complexity index is 656. The number of pyridine rings is 1. The zero-order valence-corrected chi connectivity index (χ0v) is 16.2. The van der Waals surface area contributed by atoms with Crippen molar-refractivity contribution in [3.63, 3.8) is 0 Å². The van der Waals surface area contributed by atoms with Gasteiger partial charge in [-0.3, -0.25) is 19.5 Å². The largest absolute Gasteiger partial charge is 0.383 e. The molecule has 3 heterocycles. The van der Waals surface area contributed by atoms with Gasteiger partial charge in [-0.05, 0) is 30.9 Å². The molecule has 2 N–H and O–H groups in total. The molecule has 1 aromatic heterocycles. The zero-order valence-electron chi connectivity index (χ0n) is 16.2. The lowest BCUT2D eigenvalue weighted by molar-refractivity contribution is -0.142. The number of nitrogens with zero attached hydrogens (tertiary/aromatic N) is 3. The number of nitrogens with one attached hydrogen (secondary N) is 1. The molecule has 0 saturated carbocycles. The smallest absolute Gasteiger partial charge is 0.237 e. The molecule has 2 saturated heterocycles. The first-order chi connectivity index (χ1) is 12.9. The van der Waals surface area contributed by atoms with E-state index in [4.69, 9.17) is 0 Å². The maximum absolute atomic E-state index is 12.8. The molecule has 0 unspecified atom stereocenters. The van der Waals surface area contributed by atoms with Crippen LogP contribution in [0, 0.1) is 5.92 Å². The average molecular weight is 374 g/mol. The molecule has 0 bridgehead atoms. The number of likely N-dealkylation sites (tertiary alicyclic amines) is 1. The highest BCUT2D eigenvalue weighted by molar-refractivity contribution is 5.88. The van der Waals surface area contributed by atoms with Crippen molar-refractivity contribution in [3.05, 3.63) is 30.1 Å². The van der Waals surface area contributed by atoms with E-state index in [0.29, 0.717) is 44.1 Å². The first kappa shape index (κ1) is 19.8. The van der Waals surface area contributed by atoms with Gasteiger partial charge in [-0.25, -0.2) is 0 Å². The maximum Gasteiger partial charge on any atom is 0.237 e. The summed E-state index contributed by atoms with van der Waals surface area (Å²) in [5, 5.41) is 13.8. The van der Waals surface area contributed by atoms with Crippen molar-refractivity contribution in [3.8, 4) is 0 Å². The number of hydrogen-bond donors (Lipinski definition) is 2. The van der Waals surface area contributed by atoms with Gasteiger partial charge in [0.2, 0.25) is 11.8 Å². The van der Waals surface area contributed by atoms with E-state index in [1.807, 2.05) is 18.2 Å². The molecule has 2 fully saturated rings. The minimum Gasteiger partial charge on any atom is -0.383 e. The van der Waals surface area contributed by atoms with Crippen molar-refractivity contribution in [1.29, 1.82) is 0 Å². The average Bonchev–Trinajstić information content (AvgIpc) is 2.65. The predicted octanol–water partition coefficient (Wildman–Crippen LogP) is 0.738. The molecular formula is C20H30N4O3. The molecule has 1 aromatic rings. The molecule has 0 radical (unpaired) electrons. The Morgan fingerprint density at radius 3 is 2.70 bits per heavy atom. The van der Waals surface area contributed by atoms with Crippen LogP contribution in [0.2, 0.25) is 0 Å². The Balaban J connectivity index is 1.59. The van der Waals surface area contributed by atoms with E-state index in [-0.39, 0.29) is 18.2 Å². The number of aromatic nitrogens is 1. The Labute approximate surface area is 160 Å². The summed E-state index contributed by atoms with van der Waals surface area (Å²) in [5.41, 5.74) is -0.323. The van der Waals surface area contributed by atoms with Crippen molar-refractivity contribution >= 4 is 11.8 Å². The van der Waals surface area contributed by atoms with E-state index in [1.165, 1.54) is 0 Å². The molecule has 0 aliphatic carbocycles. The summed E-state index contributed by atoms with van der Waals surface area (Å²) in [7, 11) is 0. The minimum atomic E-state index is -0.982. The van der Waals surface area contributed by atoms with Crippen LogP contribution in [0.5, 0.6) is 0 Å². The summed E-state index contributed by atoms with van der Waals surface area (Å²) in [5.74, 6) is 0.364. The minimum absolute atomic E-state index is 0.0196. The maximum atomic E-state index is 12.8. The molecular weight excluding hydrogens is 344 g/mol. The van der Waals surface area contributed by atoms with Gasteiger partial charge in [0.15, 0.2) is 0 Å². The summed E-state index contributed by atoms with van der Waals surface area (Å²) >= 11 is 0. The van der Waals surface area contributed by atoms with Gasteiger partial charge < -0.3 is 15.3 Å². The van der Waals surface area contributed by atoms with Crippen molar-refractivity contribution in [2.75, 3.05) is 32.7 Å². The number of hydrogen-bond acceptors (Lipinski definition) is 5. The first-order valence-electron chi connectivity index (χ1n) is 9.82. The Kier molecular flexibility index (Phi) is 6.11. The predicted molar refractivity (Wildman–Crippen MR) is 102 cm³/mol. The molecule has 7 heteroatoms. The SMILES string of the molecule is CC(C)CN1CCNC(=O)[C@@H]1CC(=O)N1CCC(O)(c2ccccn2)CC1. The van der Waals surface area contributed by atoms with Gasteiger partial charge in [0.25, 0.3) is 0 Å². The van der Waals surface area contributed by atoms with Gasteiger partial charge in [-0.15, -0.1) is 0 Å². The number of piperazine rings is 1. The fourth-order valence-electron chi connectivity index (χ4n) is 3.99. The number of amides is 2. The standard InChI is InChI=1S/C20H30N4O3/c1-15(2)14-24-12-9-22-19(26)16(24)13-18(25)23-10-6-20(27,7-11-23)17-5-3-4-8-21-17/h3-5,8,15-16,27H,6-7,9-14H2,1-2H3,(H,22,26)/t16-/m0/s1. The highest BCUT2D eigenvalue weighted by atomic mass is 16.3. The molecule has 7 nitrogen and oxygen atoms in total. The molecule has 0 aromatic carbocycles. The van der Waals surface area contributed by atoms with Crippen LogP contribution in [-0.4, -0.2) is 70.5 Å². The summed E-state index contributed by atoms with van der Waals surface area (Å²) in [6, 6.07) is 5.12. The number of carbonyl (C=O) groups excluding carboxylic acids is 2. The van der Waals surface area contributed by atoms with Crippen molar-refractivity contribution < 1.29 is 14.7 Å². The Hall–Kier alpha value is -1.99. The lowest BCUT2D eigenvalue weighted by atomic mass is 9.87. The van der Waals surface area contributed by atoms with Gasteiger partial charge >= 0.3 is 0 Å². The Morgan fingerprint density at radius 2 is 2.07 bits per heavy atom. The van der Waals surface area contributed by atoms with E-state index < -0.39 is 11.6 Å². The molecule has 0 spiro atoms. The molecule has 1 atom stereocenters. The van der Waals surface area contributed by atoms with Crippen LogP contribution in [-0.2, 0) is 15.2 Å². The summed E-state index contributed by atoms with van der Waals surface area (Å²) in [6.45, 7) is 7.42. The van der Waals surface area contributed by atoms with E-state index in [2.05, 4.69) is 29.0 Å². The van der Waals surface area contributed by atoms with E-state index in [1.54, 1.807) is 11.1 Å². The van der Waals surface area contributed by atoms with Crippen molar-refractivity contribution in [2.45, 2.75) is 44.8 Å². The van der Waals surface area contributed by atoms with Gasteiger partial charge in [0.05, 0.1) is 18.2 Å². The van der Waals surface area contributed by atoms with Crippen LogP contribution in [0.15, 0.2) is 24.4 Å². The molecule has 148 valence electrons. The normalized spacial score (nSPS) is 23.3. The quantitative estimate of drug-likeness (QED) is 0.794. The number of rotatable bonds is 5. The third kappa shape index (κ3) is 4.65. The number of piperidine rings is 1. The molecule has 2 amide bonds. The fourth-order valence-corrected chi connectivity index (χ4v) is 3.99. The van der Waals surface area contributed by atoms with Crippen molar-refractivity contribution in [2.24, 2.45) is 5.92 Å². The second kappa shape index (κ2) is 8.35. The molecule has 2 aliphatic heterocycles. The van der Waals surface area contributed by atoms with Crippen LogP contribution in [0.3, 0.4) is 0 Å². The van der Waals surface area contributed by atoms with Crippen LogP contribution in [0.25, 0.3) is 0 Å². The lowest BCUT2D eigenvalue weighted by Gasteiger charge is -2.40. The fraction of sp³-hybridized carbons (Fsp3) is 0.650. The zero-order chi connectivity index (χ0) is 19.4. The topological polar surface area (TPSA) is 85.8 Å². The van der Waals surface area contributed by atoms with Gasteiger partial charge in [-0.1, -0.05) is 19.9 Å².